The smallest absolute Gasteiger partial charge is 0.00718 e. The highest BCUT2D eigenvalue weighted by Crippen LogP contribution is 2.06. The lowest BCUT2D eigenvalue weighted by molar-refractivity contribution is 1.17. The largest absolute Gasteiger partial charge is 0.0924 e. The monoisotopic (exact) mass is 209 g/mol. The normalized spacial score (nSPS) is 9.55. The van der Waals surface area contributed by atoms with Crippen LogP contribution in [0.2, 0.25) is 0 Å². The van der Waals surface area contributed by atoms with Gasteiger partial charge in [0.05, 0.1) is 0 Å². The Labute approximate surface area is 76.1 Å². The van der Waals surface area contributed by atoms with Gasteiger partial charge in [-0.15, -0.1) is 0 Å². The number of alkyl halides is 1. The molecule has 1 heteroatoms. The average Bonchev–Trinajstić information content (AvgIpc) is 2.07. The van der Waals surface area contributed by atoms with Gasteiger partial charge in [0, 0.05) is 5.33 Å². The first-order valence-corrected chi connectivity index (χ1v) is 4.69. The Morgan fingerprint density at radius 2 is 1.91 bits per heavy atom. The van der Waals surface area contributed by atoms with Gasteiger partial charge in [-0.05, 0) is 17.5 Å². The summed E-state index contributed by atoms with van der Waals surface area (Å²) in [5.74, 6) is 0. The van der Waals surface area contributed by atoms with E-state index >= 15 is 0 Å². The molecule has 0 saturated carbocycles. The summed E-state index contributed by atoms with van der Waals surface area (Å²) in [6.07, 6.45) is 2.68. The fraction of sp³-hybridized carbons (Fsp3) is 0.200. The Morgan fingerprint density at radius 1 is 1.27 bits per heavy atom. The van der Waals surface area contributed by atoms with Crippen LogP contribution in [0.5, 0.6) is 0 Å². The van der Waals surface area contributed by atoms with Crippen LogP contribution >= 0.6 is 15.9 Å². The lowest BCUT2D eigenvalue weighted by Crippen LogP contribution is -1.84. The molecule has 0 amide bonds. The lowest BCUT2D eigenvalue weighted by Gasteiger charge is -1.97. The molecule has 0 fully saturated rings. The number of aryl methyl sites for hydroxylation is 1. The van der Waals surface area contributed by atoms with Crippen molar-refractivity contribution in [3.63, 3.8) is 0 Å². The van der Waals surface area contributed by atoms with E-state index in [9.17, 15) is 0 Å². The molecule has 0 aliphatic heterocycles. The minimum atomic E-state index is 1.01. The molecule has 0 saturated heterocycles. The molecule has 0 aliphatic carbocycles. The predicted octanol–water partition coefficient (Wildman–Crippen LogP) is 3.07. The predicted molar refractivity (Wildman–Crippen MR) is 52.7 cm³/mol. The van der Waals surface area contributed by atoms with Gasteiger partial charge >= 0.3 is 0 Å². The molecule has 0 aromatic heterocycles. The van der Waals surface area contributed by atoms with Crippen LogP contribution in [-0.2, 0) is 6.42 Å². The van der Waals surface area contributed by atoms with Gasteiger partial charge in [-0.25, -0.2) is 0 Å². The highest BCUT2D eigenvalue weighted by Gasteiger charge is 1.89. The standard InChI is InChI=1S/C10H10Br/c1-2-9-3-5-10(6-4-9)7-8-11/h1-6H,7-8H2. The van der Waals surface area contributed by atoms with Crippen molar-refractivity contribution in [3.8, 4) is 0 Å². The van der Waals surface area contributed by atoms with Crippen molar-refractivity contribution in [2.24, 2.45) is 0 Å². The van der Waals surface area contributed by atoms with Crippen molar-refractivity contribution in [3.05, 3.63) is 42.0 Å². The molecule has 0 heterocycles. The Balaban J connectivity index is 2.74. The molecule has 1 aromatic carbocycles. The Bertz CT molecular complexity index is 223. The molecule has 0 spiro atoms. The minimum absolute atomic E-state index is 1.01. The van der Waals surface area contributed by atoms with Crippen LogP contribution in [-0.4, -0.2) is 5.33 Å². The van der Waals surface area contributed by atoms with E-state index in [0.717, 1.165) is 17.3 Å². The number of halogens is 1. The lowest BCUT2D eigenvalue weighted by atomic mass is 10.1. The second kappa shape index (κ2) is 4.35. The average molecular weight is 210 g/mol. The molecule has 0 atom stereocenters. The van der Waals surface area contributed by atoms with Crippen molar-refractivity contribution in [1.82, 2.24) is 0 Å². The van der Waals surface area contributed by atoms with Crippen molar-refractivity contribution >= 4 is 22.0 Å². The van der Waals surface area contributed by atoms with Crippen LogP contribution in [0.1, 0.15) is 11.1 Å². The summed E-state index contributed by atoms with van der Waals surface area (Å²) >= 11 is 3.39. The van der Waals surface area contributed by atoms with Gasteiger partial charge in [0.1, 0.15) is 0 Å². The topological polar surface area (TPSA) is 0 Å². The van der Waals surface area contributed by atoms with Gasteiger partial charge in [0.2, 0.25) is 0 Å². The summed E-state index contributed by atoms with van der Waals surface area (Å²) in [5, 5.41) is 1.01. The van der Waals surface area contributed by atoms with Gasteiger partial charge in [0.15, 0.2) is 0 Å². The van der Waals surface area contributed by atoms with E-state index in [1.54, 1.807) is 6.08 Å². The molecular formula is C10H10Br. The first-order valence-electron chi connectivity index (χ1n) is 3.56. The highest BCUT2D eigenvalue weighted by molar-refractivity contribution is 9.09. The summed E-state index contributed by atoms with van der Waals surface area (Å²) in [4.78, 5) is 0. The summed E-state index contributed by atoms with van der Waals surface area (Å²) in [6.45, 7) is 5.34. The number of hydrogen-bond donors (Lipinski definition) is 0. The molecule has 1 radical (unpaired) electrons. The zero-order chi connectivity index (χ0) is 8.10. The molecule has 0 bridgehead atoms. The van der Waals surface area contributed by atoms with Crippen LogP contribution in [0.3, 0.4) is 0 Å². The zero-order valence-electron chi connectivity index (χ0n) is 6.26. The fourth-order valence-corrected chi connectivity index (χ4v) is 1.36. The van der Waals surface area contributed by atoms with Crippen LogP contribution < -0.4 is 0 Å². The molecule has 0 unspecified atom stereocenters. The quantitative estimate of drug-likeness (QED) is 0.672. The Kier molecular flexibility index (Phi) is 3.37. The maximum Gasteiger partial charge on any atom is 0.00718 e. The summed E-state index contributed by atoms with van der Waals surface area (Å²) in [5.41, 5.74) is 2.41. The van der Waals surface area contributed by atoms with E-state index in [0.29, 0.717) is 0 Å². The SMILES string of the molecule is [CH]=Cc1ccc(CCBr)cc1. The number of rotatable bonds is 3. The number of benzene rings is 1. The highest BCUT2D eigenvalue weighted by atomic mass is 79.9. The Hall–Kier alpha value is -0.560. The molecule has 57 valence electrons. The van der Waals surface area contributed by atoms with E-state index in [-0.39, 0.29) is 0 Å². The van der Waals surface area contributed by atoms with Gasteiger partial charge in [-0.3, -0.25) is 0 Å². The third-order valence-corrected chi connectivity index (χ3v) is 1.95. The van der Waals surface area contributed by atoms with Gasteiger partial charge in [-0.2, -0.15) is 0 Å². The van der Waals surface area contributed by atoms with Gasteiger partial charge in [-0.1, -0.05) is 52.9 Å². The van der Waals surface area contributed by atoms with Gasteiger partial charge < -0.3 is 0 Å². The van der Waals surface area contributed by atoms with E-state index in [2.05, 4.69) is 28.1 Å². The summed E-state index contributed by atoms with van der Waals surface area (Å²) in [7, 11) is 0. The summed E-state index contributed by atoms with van der Waals surface area (Å²) in [6, 6.07) is 8.25. The van der Waals surface area contributed by atoms with E-state index < -0.39 is 0 Å². The fourth-order valence-electron chi connectivity index (χ4n) is 0.905. The maximum atomic E-state index is 5.34. The molecule has 1 rings (SSSR count). The molecule has 1 aromatic rings. The van der Waals surface area contributed by atoms with Crippen molar-refractivity contribution < 1.29 is 0 Å². The Morgan fingerprint density at radius 3 is 2.36 bits per heavy atom. The van der Waals surface area contributed by atoms with Crippen molar-refractivity contribution in [2.45, 2.75) is 6.42 Å². The third kappa shape index (κ3) is 2.51. The first kappa shape index (κ1) is 8.54. The maximum absolute atomic E-state index is 5.34. The second-order valence-corrected chi connectivity index (χ2v) is 3.14. The second-order valence-electron chi connectivity index (χ2n) is 2.35. The van der Waals surface area contributed by atoms with Gasteiger partial charge in [0.25, 0.3) is 0 Å². The van der Waals surface area contributed by atoms with Crippen LogP contribution in [0, 0.1) is 6.58 Å². The minimum Gasteiger partial charge on any atom is -0.0924 e. The molecule has 0 nitrogen and oxygen atoms in total. The molecule has 11 heavy (non-hydrogen) atoms. The van der Waals surface area contributed by atoms with E-state index in [1.165, 1.54) is 5.56 Å². The molecule has 0 N–H and O–H groups in total. The third-order valence-electron chi connectivity index (χ3n) is 1.56. The van der Waals surface area contributed by atoms with Crippen LogP contribution in [0.4, 0.5) is 0 Å². The number of hydrogen-bond acceptors (Lipinski definition) is 0. The van der Waals surface area contributed by atoms with E-state index in [1.807, 2.05) is 12.1 Å². The first-order chi connectivity index (χ1) is 5.36. The van der Waals surface area contributed by atoms with Crippen molar-refractivity contribution in [1.29, 1.82) is 0 Å². The zero-order valence-corrected chi connectivity index (χ0v) is 7.84. The van der Waals surface area contributed by atoms with Crippen LogP contribution in [0.25, 0.3) is 6.08 Å². The molecule has 0 aliphatic rings. The molecular weight excluding hydrogens is 200 g/mol. The van der Waals surface area contributed by atoms with Crippen LogP contribution in [0.15, 0.2) is 24.3 Å². The van der Waals surface area contributed by atoms with Crippen molar-refractivity contribution in [2.75, 3.05) is 5.33 Å². The summed E-state index contributed by atoms with van der Waals surface area (Å²) < 4.78 is 0. The van der Waals surface area contributed by atoms with E-state index in [4.69, 9.17) is 6.58 Å².